The molecule has 0 saturated carbocycles. The largest absolute Gasteiger partial charge is 0.369 e. The Morgan fingerprint density at radius 3 is 2.20 bits per heavy atom. The number of hydrogen-bond donors (Lipinski definition) is 1. The highest BCUT2D eigenvalue weighted by Crippen LogP contribution is 1.83. The summed E-state index contributed by atoms with van der Waals surface area (Å²) in [6.07, 6.45) is 1.70. The van der Waals surface area contributed by atoms with Crippen LogP contribution in [0.4, 0.5) is 4.79 Å². The average molecular weight is 92.1 g/mol. The zero-order chi connectivity index (χ0) is 4.28. The van der Waals surface area contributed by atoms with Gasteiger partial charge in [0.1, 0.15) is 0 Å². The van der Waals surface area contributed by atoms with Crippen molar-refractivity contribution in [3.8, 4) is 0 Å². The van der Waals surface area contributed by atoms with Gasteiger partial charge in [0.15, 0.2) is 0 Å². The molecule has 0 aromatic heterocycles. The van der Waals surface area contributed by atoms with Crippen LogP contribution in [0.5, 0.6) is 0 Å². The summed E-state index contributed by atoms with van der Waals surface area (Å²) in [4.78, 5) is 9.66. The summed E-state index contributed by atoms with van der Waals surface area (Å²) in [6.45, 7) is 0. The Hall–Kier alpha value is -0.0200. The Morgan fingerprint density at radius 1 is 2.00 bits per heavy atom. The van der Waals surface area contributed by atoms with Crippen LogP contribution in [0.1, 0.15) is 0 Å². The lowest BCUT2D eigenvalue weighted by Gasteiger charge is -1.66. The van der Waals surface area contributed by atoms with Gasteiger partial charge in [0, 0.05) is 0 Å². The number of carbonyl (C=O) groups is 1. The molecule has 0 aromatic carbocycles. The van der Waals surface area contributed by atoms with E-state index in [0.29, 0.717) is 0 Å². The summed E-state index contributed by atoms with van der Waals surface area (Å²) >= 11 is 1.13. The number of carbonyl (C=O) groups excluding carboxylic acids is 1. The number of amides is 1. The minimum absolute atomic E-state index is 0.0787. The predicted molar refractivity (Wildman–Crippen MR) is 21.8 cm³/mol. The summed E-state index contributed by atoms with van der Waals surface area (Å²) in [5, 5.41) is -0.0787. The van der Waals surface area contributed by atoms with Gasteiger partial charge in [0.25, 0.3) is 0 Å². The maximum Gasteiger partial charge on any atom is 0.369 e. The van der Waals surface area contributed by atoms with Gasteiger partial charge in [-0.2, -0.15) is 0 Å². The molecule has 5 heavy (non-hydrogen) atoms. The van der Waals surface area contributed by atoms with Crippen molar-refractivity contribution in [2.45, 2.75) is 0 Å². The van der Waals surface area contributed by atoms with Crippen LogP contribution in [0.25, 0.3) is 0 Å². The number of hydrogen-bond acceptors (Lipinski definition) is 2. The van der Waals surface area contributed by atoms with Crippen molar-refractivity contribution in [1.29, 1.82) is 0 Å². The highest BCUT2D eigenvalue weighted by atomic mass is 32.2. The van der Waals surface area contributed by atoms with Crippen molar-refractivity contribution in [2.24, 2.45) is 0 Å². The van der Waals surface area contributed by atoms with Gasteiger partial charge >= 0.3 is 5.24 Å². The van der Waals surface area contributed by atoms with E-state index in [-0.39, 0.29) is 5.24 Å². The second-order valence-electron chi connectivity index (χ2n) is 0.576. The Bertz CT molecular complexity index is 44.9. The van der Waals surface area contributed by atoms with Crippen molar-refractivity contribution in [2.75, 3.05) is 6.26 Å². The van der Waals surface area contributed by atoms with E-state index in [1.807, 2.05) is 0 Å². The van der Waals surface area contributed by atoms with E-state index in [1.54, 1.807) is 6.26 Å². The van der Waals surface area contributed by atoms with Gasteiger partial charge in [0.2, 0.25) is 0 Å². The van der Waals surface area contributed by atoms with Crippen molar-refractivity contribution in [3.05, 3.63) is 0 Å². The molecule has 0 aliphatic rings. The van der Waals surface area contributed by atoms with E-state index in [4.69, 9.17) is 0 Å². The zero-order valence-corrected chi connectivity index (χ0v) is 3.84. The predicted octanol–water partition coefficient (Wildman–Crippen LogP) is -0.289. The van der Waals surface area contributed by atoms with Crippen molar-refractivity contribution in [1.82, 2.24) is 0 Å². The lowest BCUT2D eigenvalue weighted by molar-refractivity contribution is -0.232. The lowest BCUT2D eigenvalue weighted by Crippen LogP contribution is -2.53. The molecule has 0 aliphatic heterocycles. The molecule has 0 aliphatic carbocycles. The molecule has 2 nitrogen and oxygen atoms in total. The molecule has 1 amide bonds. The van der Waals surface area contributed by atoms with Gasteiger partial charge in [-0.05, 0) is 18.0 Å². The van der Waals surface area contributed by atoms with Crippen molar-refractivity contribution in [3.63, 3.8) is 0 Å². The summed E-state index contributed by atoms with van der Waals surface area (Å²) in [5.74, 6) is 0. The molecule has 0 atom stereocenters. The molecule has 0 bridgehead atoms. The minimum Gasteiger partial charge on any atom is -0.284 e. The third-order valence-corrected chi connectivity index (χ3v) is 0.683. The third kappa shape index (κ3) is 3.98. The molecule has 0 heterocycles. The first kappa shape index (κ1) is 4.98. The summed E-state index contributed by atoms with van der Waals surface area (Å²) in [6, 6.07) is 0. The third-order valence-electron chi connectivity index (χ3n) is 0.228. The van der Waals surface area contributed by atoms with Gasteiger partial charge < -0.3 is 0 Å². The second-order valence-corrected chi connectivity index (χ2v) is 1.44. The first-order valence-electron chi connectivity index (χ1n) is 1.17. The number of quaternary nitrogens is 1. The topological polar surface area (TPSA) is 44.7 Å². The fraction of sp³-hybridized carbons (Fsp3) is 0.500. The molecular weight excluding hydrogens is 86.1 g/mol. The Kier molecular flexibility index (Phi) is 2.22. The SMILES string of the molecule is CSC([NH3+])=O. The lowest BCUT2D eigenvalue weighted by atomic mass is 11.5. The molecule has 0 aromatic rings. The Morgan fingerprint density at radius 2 is 2.20 bits per heavy atom. The molecule has 0 saturated heterocycles. The molecule has 30 valence electrons. The van der Waals surface area contributed by atoms with Crippen LogP contribution in [-0.2, 0) is 0 Å². The van der Waals surface area contributed by atoms with E-state index in [9.17, 15) is 4.79 Å². The van der Waals surface area contributed by atoms with Crippen LogP contribution in [-0.4, -0.2) is 11.5 Å². The average Bonchev–Trinajstić information content (AvgIpc) is 1.38. The van der Waals surface area contributed by atoms with E-state index < -0.39 is 0 Å². The summed E-state index contributed by atoms with van der Waals surface area (Å²) < 4.78 is 0. The standard InChI is InChI=1S/C2H5NOS/c1-5-2(3)4/h1H3,(H2,3,4)/p+1. The van der Waals surface area contributed by atoms with Gasteiger partial charge in [-0.25, -0.2) is 4.79 Å². The van der Waals surface area contributed by atoms with E-state index >= 15 is 0 Å². The molecule has 0 spiro atoms. The van der Waals surface area contributed by atoms with Crippen LogP contribution in [0.15, 0.2) is 0 Å². The Labute approximate surface area is 34.7 Å². The van der Waals surface area contributed by atoms with E-state index in [2.05, 4.69) is 5.73 Å². The van der Waals surface area contributed by atoms with Crippen molar-refractivity contribution < 1.29 is 10.5 Å². The molecule has 0 radical (unpaired) electrons. The smallest absolute Gasteiger partial charge is 0.284 e. The maximum absolute atomic E-state index is 9.66. The monoisotopic (exact) mass is 92.0 g/mol. The highest BCUT2D eigenvalue weighted by Gasteiger charge is 1.84. The maximum atomic E-state index is 9.66. The number of rotatable bonds is 0. The first-order chi connectivity index (χ1) is 2.27. The molecule has 0 rings (SSSR count). The fourth-order valence-electron chi connectivity index (χ4n) is 0. The molecule has 0 fully saturated rings. The van der Waals surface area contributed by atoms with Crippen LogP contribution in [0.2, 0.25) is 0 Å². The minimum atomic E-state index is -0.0787. The van der Waals surface area contributed by atoms with Gasteiger partial charge in [-0.3, -0.25) is 5.73 Å². The molecule has 0 unspecified atom stereocenters. The molecular formula is C2H6NOS+. The summed E-state index contributed by atoms with van der Waals surface area (Å²) in [5.41, 5.74) is 3.08. The van der Waals surface area contributed by atoms with Crippen LogP contribution in [0.3, 0.4) is 0 Å². The second kappa shape index (κ2) is 2.23. The number of thioether (sulfide) groups is 1. The van der Waals surface area contributed by atoms with Crippen LogP contribution in [0, 0.1) is 0 Å². The molecule has 3 N–H and O–H groups in total. The van der Waals surface area contributed by atoms with Crippen LogP contribution < -0.4 is 5.73 Å². The van der Waals surface area contributed by atoms with Gasteiger partial charge in [-0.1, -0.05) is 0 Å². The van der Waals surface area contributed by atoms with Gasteiger partial charge in [0.05, 0.1) is 0 Å². The van der Waals surface area contributed by atoms with Crippen molar-refractivity contribution >= 4 is 17.0 Å². The highest BCUT2D eigenvalue weighted by molar-refractivity contribution is 8.12. The summed E-state index contributed by atoms with van der Waals surface area (Å²) in [7, 11) is 0. The Balaban J connectivity index is 2.85. The van der Waals surface area contributed by atoms with E-state index in [0.717, 1.165) is 11.8 Å². The van der Waals surface area contributed by atoms with E-state index in [1.165, 1.54) is 0 Å². The first-order valence-corrected chi connectivity index (χ1v) is 2.39. The quantitative estimate of drug-likeness (QED) is 0.446. The normalized spacial score (nSPS) is 7.60. The zero-order valence-electron chi connectivity index (χ0n) is 3.02. The fourth-order valence-corrected chi connectivity index (χ4v) is 0. The van der Waals surface area contributed by atoms with Crippen LogP contribution >= 0.6 is 11.8 Å². The molecule has 3 heteroatoms. The van der Waals surface area contributed by atoms with Gasteiger partial charge in [-0.15, -0.1) is 0 Å².